The summed E-state index contributed by atoms with van der Waals surface area (Å²) in [5.74, 6) is -3.26. The van der Waals surface area contributed by atoms with E-state index in [4.69, 9.17) is 9.47 Å². The lowest BCUT2D eigenvalue weighted by Gasteiger charge is -2.28. The summed E-state index contributed by atoms with van der Waals surface area (Å²) < 4.78 is 50.5. The minimum atomic E-state index is -1.25. The summed E-state index contributed by atoms with van der Waals surface area (Å²) in [7, 11) is 0. The van der Waals surface area contributed by atoms with Crippen molar-refractivity contribution in [2.75, 3.05) is 13.2 Å². The fraction of sp³-hybridized carbons (Fsp3) is 0.500. The Labute approximate surface area is 145 Å². The van der Waals surface area contributed by atoms with E-state index < -0.39 is 29.1 Å². The summed E-state index contributed by atoms with van der Waals surface area (Å²) in [5.41, 5.74) is 0.152. The van der Waals surface area contributed by atoms with E-state index in [9.17, 15) is 18.0 Å². The van der Waals surface area contributed by atoms with Gasteiger partial charge in [0.2, 0.25) is 0 Å². The smallest absolute Gasteiger partial charge is 0.410 e. The van der Waals surface area contributed by atoms with Gasteiger partial charge < -0.3 is 9.47 Å². The zero-order chi connectivity index (χ0) is 18.8. The molecule has 0 spiro atoms. The average Bonchev–Trinajstić information content (AvgIpc) is 2.84. The van der Waals surface area contributed by atoms with Gasteiger partial charge in [-0.2, -0.15) is 0 Å². The highest BCUT2D eigenvalue weighted by molar-refractivity contribution is 5.69. The molecule has 0 aromatic heterocycles. The minimum absolute atomic E-state index is 0.0838. The molecule has 1 aliphatic heterocycles. The highest BCUT2D eigenvalue weighted by atomic mass is 19.2. The number of rotatable bonds is 4. The lowest BCUT2D eigenvalue weighted by atomic mass is 10.2. The number of nitrogens with zero attached hydrogens (tertiary/aromatic N) is 1. The number of amides is 1. The average molecular weight is 357 g/mol. The molecular weight excluding hydrogens is 335 g/mol. The van der Waals surface area contributed by atoms with Gasteiger partial charge >= 0.3 is 6.09 Å². The first-order chi connectivity index (χ1) is 11.6. The van der Waals surface area contributed by atoms with E-state index in [1.165, 1.54) is 4.90 Å². The molecule has 1 aliphatic rings. The van der Waals surface area contributed by atoms with E-state index in [-0.39, 0.29) is 24.8 Å². The Morgan fingerprint density at radius 2 is 1.88 bits per heavy atom. The number of carbonyl (C=O) groups is 1. The van der Waals surface area contributed by atoms with Crippen molar-refractivity contribution in [2.45, 2.75) is 45.4 Å². The number of ether oxygens (including phenoxy) is 2. The summed E-state index contributed by atoms with van der Waals surface area (Å²) in [6.07, 6.45) is 0.0678. The molecule has 0 aliphatic carbocycles. The Morgan fingerprint density at radius 1 is 1.24 bits per heavy atom. The van der Waals surface area contributed by atoms with Crippen LogP contribution >= 0.6 is 0 Å². The van der Waals surface area contributed by atoms with Crippen molar-refractivity contribution in [3.63, 3.8) is 0 Å². The third-order valence-electron chi connectivity index (χ3n) is 3.64. The van der Waals surface area contributed by atoms with Gasteiger partial charge in [0.15, 0.2) is 11.6 Å². The quantitative estimate of drug-likeness (QED) is 0.599. The molecule has 1 aromatic carbocycles. The summed E-state index contributed by atoms with van der Waals surface area (Å²) in [4.78, 5) is 13.8. The highest BCUT2D eigenvalue weighted by Gasteiger charge is 2.34. The van der Waals surface area contributed by atoms with E-state index in [1.54, 1.807) is 20.8 Å². The molecule has 0 bridgehead atoms. The first-order valence-corrected chi connectivity index (χ1v) is 7.94. The van der Waals surface area contributed by atoms with Crippen LogP contribution in [-0.2, 0) is 16.1 Å². The Hall–Kier alpha value is -2.02. The predicted molar refractivity (Wildman–Crippen MR) is 86.5 cm³/mol. The molecule has 1 heterocycles. The Morgan fingerprint density at radius 3 is 2.52 bits per heavy atom. The van der Waals surface area contributed by atoms with Crippen molar-refractivity contribution in [3.05, 3.63) is 47.3 Å². The molecule has 1 aromatic rings. The van der Waals surface area contributed by atoms with Gasteiger partial charge in [-0.3, -0.25) is 4.90 Å². The monoisotopic (exact) mass is 357 g/mol. The van der Waals surface area contributed by atoms with Gasteiger partial charge in [0.1, 0.15) is 11.4 Å². The predicted octanol–water partition coefficient (Wildman–Crippen LogP) is 4.19. The maximum atomic E-state index is 13.6. The number of hydrogen-bond acceptors (Lipinski definition) is 3. The van der Waals surface area contributed by atoms with E-state index in [2.05, 4.69) is 6.58 Å². The number of hydrogen-bond donors (Lipinski definition) is 0. The van der Waals surface area contributed by atoms with E-state index in [0.717, 1.165) is 11.6 Å². The van der Waals surface area contributed by atoms with Crippen LogP contribution in [0.15, 0.2) is 24.3 Å². The molecule has 0 N–H and O–H groups in total. The number of likely N-dealkylation sites (tertiary alicyclic amines) is 1. The molecule has 1 fully saturated rings. The van der Waals surface area contributed by atoms with Crippen LogP contribution in [-0.4, -0.2) is 35.8 Å². The van der Waals surface area contributed by atoms with Crippen LogP contribution in [0.1, 0.15) is 32.8 Å². The molecule has 1 saturated heterocycles. The molecule has 0 saturated carbocycles. The standard InChI is InChI=1S/C18H22F3NO3/c1-11-5-13(22(8-11)17(23)25-18(2,3)4)10-24-9-12-6-15(20)16(21)7-14(12)19/h6-7,13H,1,5,8-10H2,2-4H3/t13-/m0/s1. The number of carbonyl (C=O) groups excluding carboxylic acids is 1. The van der Waals surface area contributed by atoms with Gasteiger partial charge in [0, 0.05) is 18.2 Å². The third-order valence-corrected chi connectivity index (χ3v) is 3.64. The van der Waals surface area contributed by atoms with Gasteiger partial charge in [-0.15, -0.1) is 0 Å². The summed E-state index contributed by atoms with van der Waals surface area (Å²) in [5, 5.41) is 0. The second-order valence-electron chi connectivity index (χ2n) is 7.09. The summed E-state index contributed by atoms with van der Waals surface area (Å²) in [6, 6.07) is 0.957. The van der Waals surface area contributed by atoms with Crippen LogP contribution in [0.3, 0.4) is 0 Å². The fourth-order valence-corrected chi connectivity index (χ4v) is 2.54. The van der Waals surface area contributed by atoms with Crippen LogP contribution in [0.25, 0.3) is 0 Å². The second-order valence-corrected chi connectivity index (χ2v) is 7.09. The Balaban J connectivity index is 1.95. The van der Waals surface area contributed by atoms with Gasteiger partial charge in [-0.1, -0.05) is 12.2 Å². The van der Waals surface area contributed by atoms with Crippen molar-refractivity contribution in [2.24, 2.45) is 0 Å². The van der Waals surface area contributed by atoms with Gasteiger partial charge in [-0.05, 0) is 33.3 Å². The van der Waals surface area contributed by atoms with Crippen molar-refractivity contribution < 1.29 is 27.4 Å². The number of benzene rings is 1. The lowest BCUT2D eigenvalue weighted by molar-refractivity contribution is 0.00868. The SMILES string of the molecule is C=C1C[C@@H](COCc2cc(F)c(F)cc2F)N(C(=O)OC(C)(C)C)C1. The van der Waals surface area contributed by atoms with Crippen molar-refractivity contribution in [1.29, 1.82) is 0 Å². The molecule has 25 heavy (non-hydrogen) atoms. The molecule has 7 heteroatoms. The molecule has 1 atom stereocenters. The normalized spacial score (nSPS) is 17.9. The third kappa shape index (κ3) is 5.22. The zero-order valence-electron chi connectivity index (χ0n) is 14.6. The van der Waals surface area contributed by atoms with Crippen LogP contribution < -0.4 is 0 Å². The Kier molecular flexibility index (Phi) is 5.77. The van der Waals surface area contributed by atoms with Crippen LogP contribution in [0, 0.1) is 17.5 Å². The zero-order valence-corrected chi connectivity index (χ0v) is 14.6. The fourth-order valence-electron chi connectivity index (χ4n) is 2.54. The van der Waals surface area contributed by atoms with Crippen molar-refractivity contribution in [1.82, 2.24) is 4.90 Å². The van der Waals surface area contributed by atoms with Crippen molar-refractivity contribution in [3.8, 4) is 0 Å². The molecule has 2 rings (SSSR count). The number of halogens is 3. The van der Waals surface area contributed by atoms with Gasteiger partial charge in [-0.25, -0.2) is 18.0 Å². The largest absolute Gasteiger partial charge is 0.444 e. The summed E-state index contributed by atoms with van der Waals surface area (Å²) in [6.45, 7) is 9.44. The minimum Gasteiger partial charge on any atom is -0.444 e. The maximum Gasteiger partial charge on any atom is 0.410 e. The van der Waals surface area contributed by atoms with Crippen molar-refractivity contribution >= 4 is 6.09 Å². The first-order valence-electron chi connectivity index (χ1n) is 7.94. The molecule has 1 amide bonds. The maximum absolute atomic E-state index is 13.6. The van der Waals surface area contributed by atoms with Gasteiger partial charge in [0.05, 0.1) is 19.3 Å². The molecule has 4 nitrogen and oxygen atoms in total. The van der Waals surface area contributed by atoms with E-state index in [0.29, 0.717) is 19.0 Å². The lowest BCUT2D eigenvalue weighted by Crippen LogP contribution is -2.41. The summed E-state index contributed by atoms with van der Waals surface area (Å²) >= 11 is 0. The Bertz CT molecular complexity index is 670. The van der Waals surface area contributed by atoms with Crippen LogP contribution in [0.5, 0.6) is 0 Å². The second kappa shape index (κ2) is 7.47. The molecule has 0 radical (unpaired) electrons. The molecule has 0 unspecified atom stereocenters. The van der Waals surface area contributed by atoms with E-state index >= 15 is 0 Å². The highest BCUT2D eigenvalue weighted by Crippen LogP contribution is 2.24. The molecular formula is C18H22F3NO3. The van der Waals surface area contributed by atoms with E-state index in [1.807, 2.05) is 0 Å². The first kappa shape index (κ1) is 19.3. The van der Waals surface area contributed by atoms with Gasteiger partial charge in [0.25, 0.3) is 0 Å². The van der Waals surface area contributed by atoms with Crippen LogP contribution in [0.4, 0.5) is 18.0 Å². The topological polar surface area (TPSA) is 38.8 Å². The van der Waals surface area contributed by atoms with Crippen LogP contribution in [0.2, 0.25) is 0 Å². The molecule has 138 valence electrons.